The van der Waals surface area contributed by atoms with Crippen LogP contribution in [0.4, 0.5) is 14.6 Å². The van der Waals surface area contributed by atoms with Crippen molar-refractivity contribution in [3.63, 3.8) is 0 Å². The zero-order valence-electron chi connectivity index (χ0n) is 17.1. The third-order valence-electron chi connectivity index (χ3n) is 5.57. The van der Waals surface area contributed by atoms with Gasteiger partial charge in [-0.25, -0.2) is 13.8 Å². The fourth-order valence-corrected chi connectivity index (χ4v) is 3.90. The number of aromatic nitrogens is 3. The van der Waals surface area contributed by atoms with Crippen molar-refractivity contribution in [2.75, 3.05) is 18.0 Å². The summed E-state index contributed by atoms with van der Waals surface area (Å²) in [7, 11) is 0. The minimum Gasteiger partial charge on any atom is -0.360 e. The van der Waals surface area contributed by atoms with Gasteiger partial charge >= 0.3 is 0 Å². The van der Waals surface area contributed by atoms with E-state index in [1.54, 1.807) is 31.5 Å². The second kappa shape index (κ2) is 8.36. The van der Waals surface area contributed by atoms with Crippen LogP contribution in [0.3, 0.4) is 0 Å². The van der Waals surface area contributed by atoms with E-state index in [0.29, 0.717) is 11.3 Å². The summed E-state index contributed by atoms with van der Waals surface area (Å²) in [6, 6.07) is 5.56. The summed E-state index contributed by atoms with van der Waals surface area (Å²) >= 11 is 0. The summed E-state index contributed by atoms with van der Waals surface area (Å²) in [6.45, 7) is 4.51. The molecule has 0 radical (unpaired) electrons. The Hall–Kier alpha value is -3.06. The van der Waals surface area contributed by atoms with Crippen molar-refractivity contribution in [3.05, 3.63) is 60.1 Å². The lowest BCUT2D eigenvalue weighted by molar-refractivity contribution is 0.498. The van der Waals surface area contributed by atoms with Gasteiger partial charge in [-0.3, -0.25) is 4.98 Å². The molecule has 0 amide bonds. The van der Waals surface area contributed by atoms with Crippen molar-refractivity contribution in [1.82, 2.24) is 15.0 Å². The van der Waals surface area contributed by atoms with Gasteiger partial charge < -0.3 is 15.6 Å². The molecule has 0 unspecified atom stereocenters. The van der Waals surface area contributed by atoms with E-state index in [2.05, 4.69) is 14.9 Å². The van der Waals surface area contributed by atoms with Crippen molar-refractivity contribution < 1.29 is 8.78 Å². The first kappa shape index (κ1) is 20.2. The summed E-state index contributed by atoms with van der Waals surface area (Å²) < 4.78 is 28.4. The van der Waals surface area contributed by atoms with Crippen LogP contribution in [0.5, 0.6) is 0 Å². The van der Waals surface area contributed by atoms with Crippen LogP contribution in [0.2, 0.25) is 0 Å². The van der Waals surface area contributed by atoms with Crippen LogP contribution in [-0.2, 0) is 0 Å². The summed E-state index contributed by atoms with van der Waals surface area (Å²) in [6.07, 6.45) is 8.44. The highest BCUT2D eigenvalue weighted by atomic mass is 19.1. The van der Waals surface area contributed by atoms with Crippen LogP contribution in [0, 0.1) is 0 Å². The van der Waals surface area contributed by atoms with Gasteiger partial charge in [0, 0.05) is 47.4 Å². The van der Waals surface area contributed by atoms with E-state index in [0.717, 1.165) is 48.2 Å². The number of H-pyrrole nitrogens is 1. The number of nitrogens with zero attached hydrogens (tertiary/aromatic N) is 3. The molecule has 7 heteroatoms. The Balaban J connectivity index is 1.75. The quantitative estimate of drug-likeness (QED) is 0.586. The number of hydrogen-bond acceptors (Lipinski definition) is 4. The van der Waals surface area contributed by atoms with E-state index in [-0.39, 0.29) is 11.6 Å². The Kier molecular flexibility index (Phi) is 5.63. The Morgan fingerprint density at radius 2 is 2.00 bits per heavy atom. The smallest absolute Gasteiger partial charge is 0.147 e. The summed E-state index contributed by atoms with van der Waals surface area (Å²) in [5, 5.41) is 0.835. The molecule has 1 aromatic carbocycles. The van der Waals surface area contributed by atoms with E-state index < -0.39 is 11.7 Å². The molecule has 1 aliphatic heterocycles. The van der Waals surface area contributed by atoms with Crippen LogP contribution in [0.1, 0.15) is 32.3 Å². The lowest BCUT2D eigenvalue weighted by Gasteiger charge is -2.30. The number of nitrogens with two attached hydrogens (primary N) is 1. The molecular weight excluding hydrogens is 384 g/mol. The molecule has 2 aromatic heterocycles. The molecule has 1 fully saturated rings. The molecule has 156 valence electrons. The lowest BCUT2D eigenvalue weighted by atomic mass is 10.00. The predicted molar refractivity (Wildman–Crippen MR) is 117 cm³/mol. The third kappa shape index (κ3) is 3.85. The molecule has 5 nitrogen and oxygen atoms in total. The van der Waals surface area contributed by atoms with Crippen LogP contribution in [-0.4, -0.2) is 34.1 Å². The second-order valence-corrected chi connectivity index (χ2v) is 7.59. The molecule has 3 N–H and O–H groups in total. The maximum absolute atomic E-state index is 14.3. The molecule has 0 bridgehead atoms. The largest absolute Gasteiger partial charge is 0.360 e. The number of aromatic amines is 1. The average molecular weight is 409 g/mol. The van der Waals surface area contributed by atoms with Gasteiger partial charge in [0.1, 0.15) is 17.5 Å². The molecule has 0 spiro atoms. The molecule has 1 saturated heterocycles. The number of benzene rings is 1. The van der Waals surface area contributed by atoms with Gasteiger partial charge in [-0.05, 0) is 44.4 Å². The number of nitrogens with one attached hydrogen (secondary N) is 1. The highest BCUT2D eigenvalue weighted by Gasteiger charge is 2.19. The number of piperidine rings is 1. The number of fused-ring (bicyclic) bond motifs is 1. The van der Waals surface area contributed by atoms with Gasteiger partial charge in [-0.1, -0.05) is 12.1 Å². The predicted octanol–water partition coefficient (Wildman–Crippen LogP) is 5.13. The van der Waals surface area contributed by atoms with Crippen molar-refractivity contribution in [3.8, 4) is 11.3 Å². The monoisotopic (exact) mass is 409 g/mol. The van der Waals surface area contributed by atoms with E-state index in [1.807, 2.05) is 12.3 Å². The summed E-state index contributed by atoms with van der Waals surface area (Å²) in [5.74, 6) is -0.339. The fourth-order valence-electron chi connectivity index (χ4n) is 3.90. The summed E-state index contributed by atoms with van der Waals surface area (Å²) in [5.41, 5.74) is 8.87. The van der Waals surface area contributed by atoms with E-state index in [1.165, 1.54) is 13.0 Å². The molecule has 0 saturated carbocycles. The van der Waals surface area contributed by atoms with Gasteiger partial charge in [0.15, 0.2) is 0 Å². The Morgan fingerprint density at radius 1 is 1.23 bits per heavy atom. The minimum absolute atomic E-state index is 0.0314. The molecule has 0 atom stereocenters. The van der Waals surface area contributed by atoms with Gasteiger partial charge in [-0.2, -0.15) is 0 Å². The van der Waals surface area contributed by atoms with Crippen molar-refractivity contribution >= 4 is 22.3 Å². The first-order chi connectivity index (χ1) is 14.5. The fraction of sp³-hybridized carbons (Fsp3) is 0.304. The van der Waals surface area contributed by atoms with Gasteiger partial charge in [0.25, 0.3) is 0 Å². The molecule has 4 rings (SSSR count). The first-order valence-electron chi connectivity index (χ1n) is 10.1. The van der Waals surface area contributed by atoms with E-state index >= 15 is 0 Å². The SMILES string of the molecule is CC=C(F)C(=C(C)F)c1ccc2[nH]cc(-c3cncc(N4CCC(N)CC4)n3)c2c1. The van der Waals surface area contributed by atoms with Crippen LogP contribution >= 0.6 is 0 Å². The lowest BCUT2D eigenvalue weighted by Crippen LogP contribution is -2.40. The molecular formula is C23H25F2N5. The highest BCUT2D eigenvalue weighted by molar-refractivity contribution is 5.97. The molecule has 0 aliphatic carbocycles. The van der Waals surface area contributed by atoms with Crippen molar-refractivity contribution in [1.29, 1.82) is 0 Å². The van der Waals surface area contributed by atoms with Gasteiger partial charge in [0.2, 0.25) is 0 Å². The molecule has 3 aromatic rings. The topological polar surface area (TPSA) is 70.8 Å². The first-order valence-corrected chi connectivity index (χ1v) is 10.1. The Labute approximate surface area is 174 Å². The number of halogens is 2. The molecule has 1 aliphatic rings. The maximum Gasteiger partial charge on any atom is 0.147 e. The highest BCUT2D eigenvalue weighted by Crippen LogP contribution is 2.34. The van der Waals surface area contributed by atoms with Gasteiger partial charge in [-0.15, -0.1) is 0 Å². The molecule has 30 heavy (non-hydrogen) atoms. The Morgan fingerprint density at radius 3 is 2.70 bits per heavy atom. The van der Waals surface area contributed by atoms with Gasteiger partial charge in [0.05, 0.1) is 18.1 Å². The van der Waals surface area contributed by atoms with E-state index in [9.17, 15) is 8.78 Å². The van der Waals surface area contributed by atoms with E-state index in [4.69, 9.17) is 10.7 Å². The van der Waals surface area contributed by atoms with Crippen molar-refractivity contribution in [2.24, 2.45) is 5.73 Å². The maximum atomic E-state index is 14.3. The average Bonchev–Trinajstić information content (AvgIpc) is 3.17. The number of anilines is 1. The Bertz CT molecular complexity index is 1120. The molecule has 3 heterocycles. The third-order valence-corrected chi connectivity index (χ3v) is 5.57. The zero-order chi connectivity index (χ0) is 21.3. The number of allylic oxidation sites excluding steroid dienone is 4. The number of hydrogen-bond donors (Lipinski definition) is 2. The normalized spacial score (nSPS) is 16.8. The number of rotatable bonds is 4. The van der Waals surface area contributed by atoms with Crippen molar-refractivity contribution in [2.45, 2.75) is 32.7 Å². The summed E-state index contributed by atoms with van der Waals surface area (Å²) in [4.78, 5) is 14.6. The standard InChI is InChI=1S/C23H25F2N5/c1-3-19(25)23(14(2)24)15-4-5-20-17(10-15)18(11-28-20)21-12-27-13-22(29-21)30-8-6-16(26)7-9-30/h3-5,10-13,16,28H,6-9,26H2,1-2H3. The van der Waals surface area contributed by atoms with Crippen LogP contribution in [0.25, 0.3) is 27.7 Å². The minimum atomic E-state index is -0.587. The van der Waals surface area contributed by atoms with Crippen LogP contribution in [0.15, 0.2) is 54.5 Å². The zero-order valence-corrected chi connectivity index (χ0v) is 17.1. The van der Waals surface area contributed by atoms with Crippen LogP contribution < -0.4 is 10.6 Å². The second-order valence-electron chi connectivity index (χ2n) is 7.59.